The van der Waals surface area contributed by atoms with Gasteiger partial charge in [-0.05, 0) is 61.4 Å². The Morgan fingerprint density at radius 1 is 1.06 bits per heavy atom. The molecule has 0 bridgehead atoms. The Labute approximate surface area is 202 Å². The largest absolute Gasteiger partial charge is 0.377 e. The number of rotatable bonds is 6. The molecule has 9 heteroatoms. The molecule has 3 rings (SSSR count). The second-order valence-corrected chi connectivity index (χ2v) is 9.42. The number of hydrogen-bond donors (Lipinski definition) is 1. The summed E-state index contributed by atoms with van der Waals surface area (Å²) in [7, 11) is -4.23. The second-order valence-electron chi connectivity index (χ2n) is 7.03. The summed E-state index contributed by atoms with van der Waals surface area (Å²) in [5, 5.41) is 12.4. The minimum Gasteiger partial charge on any atom is -0.377 e. The molecule has 168 valence electrons. The minimum absolute atomic E-state index is 0.0553. The van der Waals surface area contributed by atoms with Gasteiger partial charge in [0.1, 0.15) is 16.5 Å². The van der Waals surface area contributed by atoms with Gasteiger partial charge in [-0.25, -0.2) is 0 Å². The Bertz CT molecular complexity index is 1400. The molecule has 0 unspecified atom stereocenters. The minimum atomic E-state index is -4.23. The summed E-state index contributed by atoms with van der Waals surface area (Å²) < 4.78 is 30.7. The van der Waals surface area contributed by atoms with Gasteiger partial charge in [-0.3, -0.25) is 4.79 Å². The van der Waals surface area contributed by atoms with E-state index in [1.54, 1.807) is 30.3 Å². The zero-order valence-electron chi connectivity index (χ0n) is 17.6. The Balaban J connectivity index is 2.01. The number of anilines is 1. The van der Waals surface area contributed by atoms with Gasteiger partial charge in [-0.1, -0.05) is 53.5 Å². The number of amides is 1. The van der Waals surface area contributed by atoms with Crippen molar-refractivity contribution in [1.29, 1.82) is 5.26 Å². The van der Waals surface area contributed by atoms with Gasteiger partial charge in [0, 0.05) is 16.3 Å². The normalized spacial score (nSPS) is 11.5. The molecule has 33 heavy (non-hydrogen) atoms. The fourth-order valence-corrected chi connectivity index (χ4v) is 4.49. The number of aryl methyl sites for hydroxylation is 1. The summed E-state index contributed by atoms with van der Waals surface area (Å²) in [6.07, 6.45) is 1.17. The predicted octanol–water partition coefficient (Wildman–Crippen LogP) is 5.92. The van der Waals surface area contributed by atoms with Crippen LogP contribution in [-0.2, 0) is 14.9 Å². The first-order valence-corrected chi connectivity index (χ1v) is 11.8. The van der Waals surface area contributed by atoms with E-state index in [0.29, 0.717) is 5.69 Å². The van der Waals surface area contributed by atoms with Crippen LogP contribution < -0.4 is 9.50 Å². The molecule has 0 saturated heterocycles. The monoisotopic (exact) mass is 500 g/mol. The Morgan fingerprint density at radius 2 is 1.76 bits per heavy atom. The van der Waals surface area contributed by atoms with Crippen LogP contribution in [0.5, 0.6) is 5.75 Å². The van der Waals surface area contributed by atoms with Crippen LogP contribution in [0.25, 0.3) is 6.08 Å². The topological polar surface area (TPSA) is 96.3 Å². The van der Waals surface area contributed by atoms with Crippen LogP contribution in [0.4, 0.5) is 5.69 Å². The van der Waals surface area contributed by atoms with Gasteiger partial charge in [0.05, 0.1) is 5.02 Å². The maximum absolute atomic E-state index is 12.8. The number of carbonyl (C=O) groups is 1. The first kappa shape index (κ1) is 24.3. The van der Waals surface area contributed by atoms with E-state index >= 15 is 0 Å². The van der Waals surface area contributed by atoms with Crippen molar-refractivity contribution in [2.75, 3.05) is 5.32 Å². The van der Waals surface area contributed by atoms with Crippen molar-refractivity contribution in [3.05, 3.63) is 93.0 Å². The quantitative estimate of drug-likeness (QED) is 0.257. The first-order valence-electron chi connectivity index (χ1n) is 9.60. The predicted molar refractivity (Wildman–Crippen MR) is 129 cm³/mol. The van der Waals surface area contributed by atoms with Crippen molar-refractivity contribution in [1.82, 2.24) is 0 Å². The summed E-state index contributed by atoms with van der Waals surface area (Å²) in [4.78, 5) is 12.7. The van der Waals surface area contributed by atoms with Gasteiger partial charge in [0.25, 0.3) is 5.91 Å². The van der Waals surface area contributed by atoms with Crippen LogP contribution in [0.3, 0.4) is 0 Å². The maximum Gasteiger partial charge on any atom is 0.339 e. The molecular formula is C24H18Cl2N2O4S. The lowest BCUT2D eigenvalue weighted by atomic mass is 10.1. The summed E-state index contributed by atoms with van der Waals surface area (Å²) in [6, 6.07) is 17.4. The number of benzene rings is 3. The van der Waals surface area contributed by atoms with Crippen LogP contribution in [0.1, 0.15) is 16.7 Å². The maximum atomic E-state index is 12.8. The van der Waals surface area contributed by atoms with Crippen LogP contribution in [0.15, 0.2) is 71.1 Å². The third kappa shape index (κ3) is 5.74. The van der Waals surface area contributed by atoms with Gasteiger partial charge in [0.2, 0.25) is 0 Å². The molecule has 0 spiro atoms. The lowest BCUT2D eigenvalue weighted by Gasteiger charge is -2.13. The van der Waals surface area contributed by atoms with Gasteiger partial charge in [-0.2, -0.15) is 13.7 Å². The molecule has 1 amide bonds. The smallest absolute Gasteiger partial charge is 0.339 e. The van der Waals surface area contributed by atoms with E-state index < -0.39 is 16.0 Å². The van der Waals surface area contributed by atoms with Crippen molar-refractivity contribution in [3.63, 3.8) is 0 Å². The van der Waals surface area contributed by atoms with Crippen LogP contribution in [0, 0.1) is 25.2 Å². The van der Waals surface area contributed by atoms with E-state index in [4.69, 9.17) is 27.4 Å². The van der Waals surface area contributed by atoms with E-state index in [0.717, 1.165) is 11.1 Å². The number of nitrogens with zero attached hydrogens (tertiary/aromatic N) is 1. The van der Waals surface area contributed by atoms with Gasteiger partial charge >= 0.3 is 10.1 Å². The lowest BCUT2D eigenvalue weighted by molar-refractivity contribution is -0.112. The standard InChI is InChI=1S/C24H18Cl2N2O4S/c1-15-7-6-10-22(16(15)2)28-24(29)18(14-27)11-17-12-19(25)13-21(26)23(17)32-33(30,31)20-8-4-3-5-9-20/h3-13H,1-2H3,(H,28,29)/b18-11+. The molecule has 3 aromatic rings. The zero-order chi connectivity index (χ0) is 24.2. The van der Waals surface area contributed by atoms with Crippen molar-refractivity contribution < 1.29 is 17.4 Å². The SMILES string of the molecule is Cc1cccc(NC(=O)/C(C#N)=C/c2cc(Cl)cc(Cl)c2OS(=O)(=O)c2ccccc2)c1C. The first-order chi connectivity index (χ1) is 15.6. The molecular weight excluding hydrogens is 483 g/mol. The summed E-state index contributed by atoms with van der Waals surface area (Å²) in [5.74, 6) is -0.934. The number of carbonyl (C=O) groups excluding carboxylic acids is 1. The Kier molecular flexibility index (Phi) is 7.44. The summed E-state index contributed by atoms with van der Waals surface area (Å²) in [6.45, 7) is 3.74. The molecule has 0 aliphatic rings. The van der Waals surface area contributed by atoms with E-state index in [-0.39, 0.29) is 31.8 Å². The van der Waals surface area contributed by atoms with E-state index in [1.807, 2.05) is 26.0 Å². The molecule has 0 aliphatic carbocycles. The highest BCUT2D eigenvalue weighted by Crippen LogP contribution is 2.36. The highest BCUT2D eigenvalue weighted by molar-refractivity contribution is 7.87. The summed E-state index contributed by atoms with van der Waals surface area (Å²) in [5.41, 5.74) is 2.13. The zero-order valence-corrected chi connectivity index (χ0v) is 19.9. The van der Waals surface area contributed by atoms with Gasteiger partial charge in [0.15, 0.2) is 5.75 Å². The molecule has 0 atom stereocenters. The Hall–Kier alpha value is -3.31. The van der Waals surface area contributed by atoms with Crippen LogP contribution >= 0.6 is 23.2 Å². The van der Waals surface area contributed by atoms with Crippen molar-refractivity contribution in [2.45, 2.75) is 18.7 Å². The highest BCUT2D eigenvalue weighted by Gasteiger charge is 2.22. The van der Waals surface area contributed by atoms with E-state index in [2.05, 4.69) is 5.32 Å². The van der Waals surface area contributed by atoms with Gasteiger partial charge in [-0.15, -0.1) is 0 Å². The molecule has 0 radical (unpaired) electrons. The van der Waals surface area contributed by atoms with Crippen molar-refractivity contribution >= 4 is 51.0 Å². The molecule has 0 fully saturated rings. The molecule has 0 saturated carbocycles. The molecule has 0 aliphatic heterocycles. The molecule has 3 aromatic carbocycles. The highest BCUT2D eigenvalue weighted by atomic mass is 35.5. The fraction of sp³-hybridized carbons (Fsp3) is 0.0833. The average Bonchev–Trinajstić information content (AvgIpc) is 2.78. The van der Waals surface area contributed by atoms with Crippen LogP contribution in [-0.4, -0.2) is 14.3 Å². The molecule has 0 aromatic heterocycles. The molecule has 6 nitrogen and oxygen atoms in total. The van der Waals surface area contributed by atoms with E-state index in [1.165, 1.54) is 30.3 Å². The number of hydrogen-bond acceptors (Lipinski definition) is 5. The van der Waals surface area contributed by atoms with Crippen LogP contribution in [0.2, 0.25) is 10.0 Å². The second kappa shape index (κ2) is 10.1. The Morgan fingerprint density at radius 3 is 2.42 bits per heavy atom. The number of nitriles is 1. The number of nitrogens with one attached hydrogen (secondary N) is 1. The van der Waals surface area contributed by atoms with E-state index in [9.17, 15) is 18.5 Å². The molecule has 1 N–H and O–H groups in total. The fourth-order valence-electron chi connectivity index (χ4n) is 2.90. The molecule has 0 heterocycles. The third-order valence-corrected chi connectivity index (χ3v) is 6.51. The lowest BCUT2D eigenvalue weighted by Crippen LogP contribution is -2.15. The average molecular weight is 501 g/mol. The third-order valence-electron chi connectivity index (χ3n) is 4.78. The van der Waals surface area contributed by atoms with Crippen molar-refractivity contribution in [3.8, 4) is 11.8 Å². The van der Waals surface area contributed by atoms with Gasteiger partial charge < -0.3 is 9.50 Å². The summed E-state index contributed by atoms with van der Waals surface area (Å²) >= 11 is 12.3. The van der Waals surface area contributed by atoms with Crippen molar-refractivity contribution in [2.24, 2.45) is 0 Å². The number of halogens is 2.